The van der Waals surface area contributed by atoms with Gasteiger partial charge in [0, 0.05) is 6.20 Å². The first kappa shape index (κ1) is 20.5. The van der Waals surface area contributed by atoms with E-state index in [1.54, 1.807) is 12.1 Å². The average molecular weight is 380 g/mol. The van der Waals surface area contributed by atoms with Crippen molar-refractivity contribution in [2.45, 2.75) is 44.7 Å². The monoisotopic (exact) mass is 380 g/mol. The molecule has 143 valence electrons. The van der Waals surface area contributed by atoms with Gasteiger partial charge in [-0.05, 0) is 43.4 Å². The Labute approximate surface area is 155 Å². The molecule has 26 heavy (non-hydrogen) atoms. The number of hydrogen-bond acceptors (Lipinski definition) is 6. The molecule has 2 heterocycles. The molecule has 1 aromatic rings. The molecular weight excluding hydrogens is 354 g/mol. The zero-order chi connectivity index (χ0) is 19.3. The molecule has 1 unspecified atom stereocenters. The van der Waals surface area contributed by atoms with Crippen LogP contribution in [0.4, 0.5) is 0 Å². The van der Waals surface area contributed by atoms with Crippen LogP contribution in [0.5, 0.6) is 0 Å². The maximum Gasteiger partial charge on any atom is 0.284 e. The maximum absolute atomic E-state index is 13.1. The van der Waals surface area contributed by atoms with E-state index in [1.807, 2.05) is 20.8 Å². The summed E-state index contributed by atoms with van der Waals surface area (Å²) in [6, 6.07) is 3.45. The highest BCUT2D eigenvalue weighted by Crippen LogP contribution is 2.24. The smallest absolute Gasteiger partial charge is 0.284 e. The van der Waals surface area contributed by atoms with Crippen molar-refractivity contribution in [1.29, 1.82) is 0 Å². The molecule has 0 bridgehead atoms. The number of rotatable bonds is 6. The van der Waals surface area contributed by atoms with Crippen molar-refractivity contribution in [3.8, 4) is 0 Å². The Morgan fingerprint density at radius 3 is 2.77 bits per heavy atom. The molecule has 0 aromatic carbocycles. The van der Waals surface area contributed by atoms with Crippen LogP contribution < -0.4 is 5.32 Å². The van der Waals surface area contributed by atoms with Crippen molar-refractivity contribution in [3.63, 3.8) is 0 Å². The Bertz CT molecular complexity index is 734. The lowest BCUT2D eigenvalue weighted by molar-refractivity contribution is -0.131. The van der Waals surface area contributed by atoms with E-state index in [0.29, 0.717) is 19.4 Å². The van der Waals surface area contributed by atoms with Crippen molar-refractivity contribution >= 4 is 21.7 Å². The fraction of sp³-hybridized carbons (Fsp3) is 0.556. The number of Topliss-reactive ketones (excluding diaryl/α,β-unsaturated/α-hetero) is 1. The number of nitrogens with zero attached hydrogens (tertiary/aromatic N) is 2. The van der Waals surface area contributed by atoms with Gasteiger partial charge in [0.15, 0.2) is 10.8 Å². The molecule has 2 rings (SSSR count). The van der Waals surface area contributed by atoms with Crippen LogP contribution in [0.1, 0.15) is 33.6 Å². The molecular formula is C18H26N3O4S. The number of hydrogen-bond donors (Lipinski definition) is 1. The van der Waals surface area contributed by atoms with Crippen molar-refractivity contribution in [2.24, 2.45) is 11.8 Å². The van der Waals surface area contributed by atoms with Gasteiger partial charge in [0.05, 0.1) is 13.0 Å². The number of carbonyl (C=O) groups excluding carboxylic acids is 2. The van der Waals surface area contributed by atoms with E-state index in [9.17, 15) is 18.0 Å². The van der Waals surface area contributed by atoms with Gasteiger partial charge in [0.25, 0.3) is 10.0 Å². The van der Waals surface area contributed by atoms with E-state index in [-0.39, 0.29) is 29.2 Å². The Morgan fingerprint density at radius 1 is 1.42 bits per heavy atom. The fourth-order valence-corrected chi connectivity index (χ4v) is 4.34. The number of pyridine rings is 1. The van der Waals surface area contributed by atoms with E-state index in [0.717, 1.165) is 4.31 Å². The van der Waals surface area contributed by atoms with Crippen molar-refractivity contribution < 1.29 is 18.0 Å². The first-order chi connectivity index (χ1) is 12.2. The highest BCUT2D eigenvalue weighted by molar-refractivity contribution is 7.89. The standard InChI is InChI=1S/C18H26N3O4S/c1-13(2)7-8-18(23)21(15-10-14(3)11-19-12-16(15)22)26(24,25)17-6-4-5-9-20-17/h4-6,8-9,13-15,19H,7,10-12H2,1-3H3/t14?,15-/m0/s1. The topological polar surface area (TPSA) is 96.4 Å². The molecule has 1 radical (unpaired) electrons. The molecule has 1 N–H and O–H groups in total. The SMILES string of the molecule is CC(C)C[CH]C(=O)N([C@H]1CC(C)CNCC1=O)S(=O)(=O)c1ccccn1. The van der Waals surface area contributed by atoms with E-state index >= 15 is 0 Å². The minimum absolute atomic E-state index is 0.0424. The summed E-state index contributed by atoms with van der Waals surface area (Å²) in [7, 11) is -4.23. The molecule has 8 heteroatoms. The lowest BCUT2D eigenvalue weighted by Crippen LogP contribution is -2.50. The molecule has 1 aliphatic heterocycles. The molecule has 2 atom stereocenters. The van der Waals surface area contributed by atoms with Crippen molar-refractivity contribution in [3.05, 3.63) is 30.8 Å². The van der Waals surface area contributed by atoms with Gasteiger partial charge < -0.3 is 5.32 Å². The minimum Gasteiger partial charge on any atom is -0.310 e. The summed E-state index contributed by atoms with van der Waals surface area (Å²) in [5, 5.41) is 2.77. The van der Waals surface area contributed by atoms with Gasteiger partial charge >= 0.3 is 0 Å². The van der Waals surface area contributed by atoms with Crippen LogP contribution in [0.3, 0.4) is 0 Å². The molecule has 1 amide bonds. The predicted molar refractivity (Wildman–Crippen MR) is 97.5 cm³/mol. The van der Waals surface area contributed by atoms with Crippen LogP contribution in [0.2, 0.25) is 0 Å². The molecule has 0 aliphatic carbocycles. The van der Waals surface area contributed by atoms with Gasteiger partial charge in [-0.25, -0.2) is 9.29 Å². The quantitative estimate of drug-likeness (QED) is 0.802. The number of amides is 1. The Balaban J connectivity index is 2.44. The molecule has 0 spiro atoms. The van der Waals surface area contributed by atoms with Crippen molar-refractivity contribution in [1.82, 2.24) is 14.6 Å². The second kappa shape index (κ2) is 8.73. The van der Waals surface area contributed by atoms with Crippen LogP contribution in [0, 0.1) is 18.3 Å². The highest BCUT2D eigenvalue weighted by Gasteiger charge is 2.41. The lowest BCUT2D eigenvalue weighted by Gasteiger charge is -2.30. The second-order valence-electron chi connectivity index (χ2n) is 7.09. The summed E-state index contributed by atoms with van der Waals surface area (Å²) in [6.45, 7) is 6.44. The average Bonchev–Trinajstić information content (AvgIpc) is 2.75. The van der Waals surface area contributed by atoms with Gasteiger partial charge in [0.2, 0.25) is 5.91 Å². The molecule has 1 saturated heterocycles. The normalized spacial score (nSPS) is 21.5. The van der Waals surface area contributed by atoms with E-state index < -0.39 is 22.0 Å². The Hall–Kier alpha value is -1.80. The van der Waals surface area contributed by atoms with Crippen molar-refractivity contribution in [2.75, 3.05) is 13.1 Å². The van der Waals surface area contributed by atoms with Crippen LogP contribution in [0.25, 0.3) is 0 Å². The largest absolute Gasteiger partial charge is 0.310 e. The lowest BCUT2D eigenvalue weighted by atomic mass is 10.00. The van der Waals surface area contributed by atoms with Crippen LogP contribution in [-0.2, 0) is 19.6 Å². The number of aromatic nitrogens is 1. The minimum atomic E-state index is -4.23. The number of sulfonamides is 1. The van der Waals surface area contributed by atoms with Crippen LogP contribution >= 0.6 is 0 Å². The summed E-state index contributed by atoms with van der Waals surface area (Å²) >= 11 is 0. The van der Waals surface area contributed by atoms with E-state index in [1.165, 1.54) is 18.7 Å². The van der Waals surface area contributed by atoms with Gasteiger partial charge in [-0.1, -0.05) is 26.8 Å². The summed E-state index contributed by atoms with van der Waals surface area (Å²) in [4.78, 5) is 29.3. The van der Waals surface area contributed by atoms with Crippen LogP contribution in [0.15, 0.2) is 29.4 Å². The van der Waals surface area contributed by atoms with Crippen LogP contribution in [-0.4, -0.2) is 48.5 Å². The Kier molecular flexibility index (Phi) is 6.88. The molecule has 1 aliphatic rings. The van der Waals surface area contributed by atoms with Gasteiger partial charge in [-0.2, -0.15) is 8.42 Å². The zero-order valence-electron chi connectivity index (χ0n) is 15.4. The number of ketones is 1. The highest BCUT2D eigenvalue weighted by atomic mass is 32.2. The van der Waals surface area contributed by atoms with E-state index in [2.05, 4.69) is 10.3 Å². The maximum atomic E-state index is 13.1. The summed E-state index contributed by atoms with van der Waals surface area (Å²) in [6.07, 6.45) is 3.43. The third kappa shape index (κ3) is 4.88. The third-order valence-corrected chi connectivity index (χ3v) is 5.94. The van der Waals surface area contributed by atoms with Gasteiger partial charge in [0.1, 0.15) is 6.04 Å². The predicted octanol–water partition coefficient (Wildman–Crippen LogP) is 1.42. The number of nitrogens with one attached hydrogen (secondary N) is 1. The summed E-state index contributed by atoms with van der Waals surface area (Å²) in [5.41, 5.74) is 0. The molecule has 0 saturated carbocycles. The first-order valence-corrected chi connectivity index (χ1v) is 10.2. The fourth-order valence-electron chi connectivity index (χ4n) is 2.85. The summed E-state index contributed by atoms with van der Waals surface area (Å²) < 4.78 is 27.0. The second-order valence-corrected chi connectivity index (χ2v) is 8.86. The zero-order valence-corrected chi connectivity index (χ0v) is 16.2. The molecule has 1 fully saturated rings. The molecule has 7 nitrogen and oxygen atoms in total. The first-order valence-electron chi connectivity index (χ1n) is 8.79. The Morgan fingerprint density at radius 2 is 2.15 bits per heavy atom. The van der Waals surface area contributed by atoms with Gasteiger partial charge in [-0.3, -0.25) is 9.59 Å². The third-order valence-electron chi connectivity index (χ3n) is 4.21. The summed E-state index contributed by atoms with van der Waals surface area (Å²) in [5.74, 6) is -0.716. The van der Waals surface area contributed by atoms with E-state index in [4.69, 9.17) is 0 Å². The number of carbonyl (C=O) groups is 2. The van der Waals surface area contributed by atoms with Gasteiger partial charge in [-0.15, -0.1) is 0 Å². The molecule has 1 aromatic heterocycles.